The molecule has 0 aliphatic heterocycles. The number of unbranched alkanes of at least 4 members (excludes halogenated alkanes) is 37. The molecule has 10 heteroatoms. The second-order valence-corrected chi connectivity index (χ2v) is 27.8. The number of rotatable bonds is 69. The van der Waals surface area contributed by atoms with Crippen molar-refractivity contribution in [2.75, 3.05) is 47.5 Å². The second kappa shape index (κ2) is 70.0. The van der Waals surface area contributed by atoms with E-state index in [1.54, 1.807) is 0 Å². The van der Waals surface area contributed by atoms with E-state index < -0.39 is 26.5 Å². The predicted molar refractivity (Wildman–Crippen MR) is 390 cm³/mol. The van der Waals surface area contributed by atoms with E-state index in [0.717, 1.165) is 83.5 Å². The molecule has 0 spiro atoms. The van der Waals surface area contributed by atoms with Gasteiger partial charge in [0, 0.05) is 12.8 Å². The van der Waals surface area contributed by atoms with Crippen LogP contribution in [0.15, 0.2) is 109 Å². The minimum absolute atomic E-state index is 0.0293. The summed E-state index contributed by atoms with van der Waals surface area (Å²) >= 11 is 0. The molecule has 0 aliphatic rings. The average Bonchev–Trinajstić information content (AvgIpc) is 3.62. The maximum absolute atomic E-state index is 12.9. The van der Waals surface area contributed by atoms with Crippen LogP contribution in [0.25, 0.3) is 0 Å². The van der Waals surface area contributed by atoms with E-state index in [2.05, 4.69) is 123 Å². The van der Waals surface area contributed by atoms with Gasteiger partial charge in [-0.15, -0.1) is 0 Å². The van der Waals surface area contributed by atoms with Crippen LogP contribution in [0, 0.1) is 0 Å². The van der Waals surface area contributed by atoms with Crippen LogP contribution in [-0.4, -0.2) is 74.9 Å². The molecule has 0 aromatic rings. The minimum Gasteiger partial charge on any atom is -0.462 e. The second-order valence-electron chi connectivity index (χ2n) is 26.3. The number of quaternary nitrogens is 1. The molecule has 520 valence electrons. The fourth-order valence-corrected chi connectivity index (χ4v) is 11.3. The largest absolute Gasteiger partial charge is 0.472 e. The van der Waals surface area contributed by atoms with Crippen molar-refractivity contribution in [2.24, 2.45) is 0 Å². The third-order valence-corrected chi connectivity index (χ3v) is 17.3. The fourth-order valence-electron chi connectivity index (χ4n) is 10.6. The minimum atomic E-state index is -4.40. The third kappa shape index (κ3) is 73.7. The molecule has 0 aromatic heterocycles. The van der Waals surface area contributed by atoms with E-state index in [-0.39, 0.29) is 32.0 Å². The highest BCUT2D eigenvalue weighted by atomic mass is 31.2. The standard InChI is InChI=1S/C80H142NO8P/c1-6-8-10-12-14-16-18-20-22-24-26-28-30-32-33-34-35-36-37-38-39-40-41-42-43-44-45-46-47-49-51-53-55-57-59-61-63-65-67-69-71-73-80(83)89-78(77-88-90(84,85)87-75-74-81(3,4)5)76-86-79(82)72-70-68-66-64-62-60-58-56-54-52-50-48-31-29-27-25-23-21-19-17-15-13-11-9-7-2/h8,10,14,16,19-22,25-28,31-33,35-36,48,78H,6-7,9,11-13,15,17-18,23-24,29-30,34,37-47,49-77H2,1-5H3/p+1/b10-8-,16-14-,21-19-,22-20-,27-25-,28-26-,33-32-,36-35-,48-31-. The highest BCUT2D eigenvalue weighted by molar-refractivity contribution is 7.47. The van der Waals surface area contributed by atoms with Crippen LogP contribution in [0.3, 0.4) is 0 Å². The number of esters is 2. The van der Waals surface area contributed by atoms with Crippen molar-refractivity contribution < 1.29 is 42.1 Å². The highest BCUT2D eigenvalue weighted by Crippen LogP contribution is 2.43. The molecule has 0 aromatic carbocycles. The van der Waals surface area contributed by atoms with Gasteiger partial charge >= 0.3 is 19.8 Å². The maximum Gasteiger partial charge on any atom is 0.472 e. The number of ether oxygens (including phenoxy) is 2. The van der Waals surface area contributed by atoms with Crippen LogP contribution in [0.4, 0.5) is 0 Å². The molecule has 90 heavy (non-hydrogen) atoms. The Hall–Kier alpha value is -3.33. The van der Waals surface area contributed by atoms with Crippen molar-refractivity contribution in [1.29, 1.82) is 0 Å². The number of phosphoric ester groups is 1. The molecule has 9 nitrogen and oxygen atoms in total. The molecular formula is C80H143NO8P+. The summed E-state index contributed by atoms with van der Waals surface area (Å²) in [6, 6.07) is 0. The summed E-state index contributed by atoms with van der Waals surface area (Å²) in [5.41, 5.74) is 0. The molecule has 0 saturated heterocycles. The number of nitrogens with zero attached hydrogens (tertiary/aromatic N) is 1. The summed E-state index contributed by atoms with van der Waals surface area (Å²) in [4.78, 5) is 35.9. The first-order valence-electron chi connectivity index (χ1n) is 37.6. The Labute approximate surface area is 556 Å². The molecule has 0 saturated carbocycles. The predicted octanol–water partition coefficient (Wildman–Crippen LogP) is 24.8. The molecule has 0 aliphatic carbocycles. The van der Waals surface area contributed by atoms with Gasteiger partial charge in [-0.25, -0.2) is 4.57 Å². The summed E-state index contributed by atoms with van der Waals surface area (Å²) in [7, 11) is 1.48. The van der Waals surface area contributed by atoms with Crippen LogP contribution in [0.5, 0.6) is 0 Å². The molecule has 2 atom stereocenters. The van der Waals surface area contributed by atoms with Crippen molar-refractivity contribution in [3.05, 3.63) is 109 Å². The van der Waals surface area contributed by atoms with Crippen LogP contribution in [0.2, 0.25) is 0 Å². The lowest BCUT2D eigenvalue weighted by molar-refractivity contribution is -0.870. The van der Waals surface area contributed by atoms with E-state index in [4.69, 9.17) is 18.5 Å². The van der Waals surface area contributed by atoms with E-state index in [1.165, 1.54) is 218 Å². The van der Waals surface area contributed by atoms with Crippen LogP contribution >= 0.6 is 7.82 Å². The van der Waals surface area contributed by atoms with Crippen molar-refractivity contribution in [3.8, 4) is 0 Å². The SMILES string of the molecule is CC/C=C\C/C=C\C/C=C\C/C=C\C/C=C\C/C=C\CCCCCCCCCCCCCCCCCCCCCCCCC(=O)OC(COC(=O)CCCCCCCCCCCC/C=C\C/C=C\C/C=C\CCCCCCC)COP(=O)(O)OCC[N+](C)(C)C. The van der Waals surface area contributed by atoms with Gasteiger partial charge in [0.05, 0.1) is 27.7 Å². The number of carbonyl (C=O) groups excluding carboxylic acids is 2. The molecule has 0 fully saturated rings. The topological polar surface area (TPSA) is 108 Å². The van der Waals surface area contributed by atoms with Gasteiger partial charge in [-0.2, -0.15) is 0 Å². The summed E-state index contributed by atoms with van der Waals surface area (Å²) in [6.45, 7) is 4.34. The normalized spacial score (nSPS) is 13.7. The number of hydrogen-bond acceptors (Lipinski definition) is 7. The molecule has 0 heterocycles. The van der Waals surface area contributed by atoms with Crippen molar-refractivity contribution in [1.82, 2.24) is 0 Å². The Morgan fingerprint density at radius 1 is 0.356 bits per heavy atom. The first kappa shape index (κ1) is 86.7. The van der Waals surface area contributed by atoms with E-state index in [9.17, 15) is 19.0 Å². The molecular weight excluding hydrogens is 1130 g/mol. The number of hydrogen-bond donors (Lipinski definition) is 1. The van der Waals surface area contributed by atoms with Crippen molar-refractivity contribution in [3.63, 3.8) is 0 Å². The summed E-state index contributed by atoms with van der Waals surface area (Å²) < 4.78 is 34.8. The lowest BCUT2D eigenvalue weighted by Gasteiger charge is -2.24. The van der Waals surface area contributed by atoms with Crippen molar-refractivity contribution >= 4 is 19.8 Å². The zero-order chi connectivity index (χ0) is 65.5. The zero-order valence-corrected chi connectivity index (χ0v) is 60.2. The molecule has 0 bridgehead atoms. The molecule has 0 radical (unpaired) electrons. The Morgan fingerprint density at radius 3 is 0.944 bits per heavy atom. The Balaban J connectivity index is 3.96. The highest BCUT2D eigenvalue weighted by Gasteiger charge is 2.27. The number of likely N-dealkylation sites (N-methyl/N-ethyl adjacent to an activating group) is 1. The smallest absolute Gasteiger partial charge is 0.462 e. The van der Waals surface area contributed by atoms with Gasteiger partial charge in [0.1, 0.15) is 19.8 Å². The first-order chi connectivity index (χ1) is 44.0. The fraction of sp³-hybridized carbons (Fsp3) is 0.750. The zero-order valence-electron chi connectivity index (χ0n) is 59.4. The summed E-state index contributed by atoms with van der Waals surface area (Å²) in [6.07, 6.45) is 99.3. The summed E-state index contributed by atoms with van der Waals surface area (Å²) in [5, 5.41) is 0. The van der Waals surface area contributed by atoms with Crippen LogP contribution in [-0.2, 0) is 32.7 Å². The van der Waals surface area contributed by atoms with Gasteiger partial charge in [0.15, 0.2) is 6.10 Å². The van der Waals surface area contributed by atoms with E-state index in [1.807, 2.05) is 21.1 Å². The van der Waals surface area contributed by atoms with Gasteiger partial charge in [-0.05, 0) is 103 Å². The maximum atomic E-state index is 12.9. The number of phosphoric acid groups is 1. The third-order valence-electron chi connectivity index (χ3n) is 16.3. The monoisotopic (exact) mass is 1280 g/mol. The molecule has 1 N–H and O–H groups in total. The van der Waals surface area contributed by atoms with E-state index in [0.29, 0.717) is 17.4 Å². The number of allylic oxidation sites excluding steroid dienone is 18. The Bertz CT molecular complexity index is 1890. The Kier molecular flexibility index (Phi) is 67.4. The lowest BCUT2D eigenvalue weighted by atomic mass is 10.0. The first-order valence-corrected chi connectivity index (χ1v) is 39.1. The molecule has 0 amide bonds. The lowest BCUT2D eigenvalue weighted by Crippen LogP contribution is -2.37. The average molecular weight is 1280 g/mol. The van der Waals surface area contributed by atoms with Gasteiger partial charge in [-0.1, -0.05) is 329 Å². The van der Waals surface area contributed by atoms with Gasteiger partial charge < -0.3 is 18.9 Å². The quantitative estimate of drug-likeness (QED) is 0.0211. The van der Waals surface area contributed by atoms with Crippen LogP contribution < -0.4 is 0 Å². The van der Waals surface area contributed by atoms with Crippen molar-refractivity contribution in [2.45, 2.75) is 341 Å². The summed E-state index contributed by atoms with van der Waals surface area (Å²) in [5.74, 6) is -0.791. The van der Waals surface area contributed by atoms with E-state index >= 15 is 0 Å². The Morgan fingerprint density at radius 2 is 0.633 bits per heavy atom. The van der Waals surface area contributed by atoms with Gasteiger partial charge in [0.25, 0.3) is 0 Å². The van der Waals surface area contributed by atoms with Crippen LogP contribution in [0.1, 0.15) is 335 Å². The molecule has 0 rings (SSSR count). The number of carbonyl (C=O) groups is 2. The molecule has 2 unspecified atom stereocenters. The van der Waals surface area contributed by atoms with Gasteiger partial charge in [-0.3, -0.25) is 18.6 Å². The van der Waals surface area contributed by atoms with Gasteiger partial charge in [0.2, 0.25) is 0 Å².